The molecule has 0 bridgehead atoms. The van der Waals surface area contributed by atoms with E-state index in [0.717, 1.165) is 0 Å². The summed E-state index contributed by atoms with van der Waals surface area (Å²) >= 11 is 0. The van der Waals surface area contributed by atoms with E-state index in [4.69, 9.17) is 5.11 Å². The lowest BCUT2D eigenvalue weighted by Gasteiger charge is -2.05. The number of aryl methyl sites for hydroxylation is 1. The van der Waals surface area contributed by atoms with Crippen LogP contribution in [0.5, 0.6) is 0 Å². The fraction of sp³-hybridized carbons (Fsp3) is 0.0714. The van der Waals surface area contributed by atoms with Gasteiger partial charge in [0.2, 0.25) is 0 Å². The third-order valence-electron chi connectivity index (χ3n) is 2.67. The van der Waals surface area contributed by atoms with E-state index in [1.165, 1.54) is 30.5 Å². The average molecular weight is 272 g/mol. The van der Waals surface area contributed by atoms with Crippen molar-refractivity contribution < 1.29 is 14.7 Å². The number of hydrogen-bond acceptors (Lipinski definition) is 3. The Morgan fingerprint density at radius 1 is 1.25 bits per heavy atom. The number of carbonyl (C=O) groups excluding carboxylic acids is 1. The van der Waals surface area contributed by atoms with Crippen LogP contribution in [0.2, 0.25) is 0 Å². The lowest BCUT2D eigenvalue weighted by molar-refractivity contribution is 0.0696. The first-order valence-corrected chi connectivity index (χ1v) is 5.81. The van der Waals surface area contributed by atoms with Gasteiger partial charge in [-0.3, -0.25) is 9.59 Å². The number of hydrogen-bond donors (Lipinski definition) is 3. The van der Waals surface area contributed by atoms with Crippen LogP contribution in [0, 0.1) is 6.92 Å². The highest BCUT2D eigenvalue weighted by Crippen LogP contribution is 2.11. The number of pyridine rings is 1. The predicted molar refractivity (Wildman–Crippen MR) is 73.2 cm³/mol. The Bertz CT molecular complexity index is 734. The van der Waals surface area contributed by atoms with Crippen LogP contribution in [0.15, 0.2) is 41.3 Å². The van der Waals surface area contributed by atoms with Crippen LogP contribution in [-0.4, -0.2) is 22.0 Å². The monoisotopic (exact) mass is 272 g/mol. The van der Waals surface area contributed by atoms with Gasteiger partial charge in [-0.25, -0.2) is 4.79 Å². The van der Waals surface area contributed by atoms with Crippen molar-refractivity contribution in [1.29, 1.82) is 0 Å². The van der Waals surface area contributed by atoms with E-state index in [0.29, 0.717) is 11.4 Å². The van der Waals surface area contributed by atoms with E-state index in [9.17, 15) is 14.4 Å². The first-order chi connectivity index (χ1) is 9.47. The standard InChI is InChI=1S/C14H12N2O4/c1-8-5-12(17)11(7-15-8)13(18)16-10-4-2-3-9(6-10)14(19)20/h2-7H,1H3,(H,15,17)(H,16,18)(H,19,20). The van der Waals surface area contributed by atoms with Gasteiger partial charge >= 0.3 is 5.97 Å². The molecule has 0 spiro atoms. The molecule has 20 heavy (non-hydrogen) atoms. The van der Waals surface area contributed by atoms with Gasteiger partial charge in [0, 0.05) is 23.6 Å². The Hall–Kier alpha value is -2.89. The summed E-state index contributed by atoms with van der Waals surface area (Å²) in [5.74, 6) is -1.68. The summed E-state index contributed by atoms with van der Waals surface area (Å²) in [6.07, 6.45) is 1.33. The summed E-state index contributed by atoms with van der Waals surface area (Å²) in [4.78, 5) is 37.2. The fourth-order valence-corrected chi connectivity index (χ4v) is 1.68. The van der Waals surface area contributed by atoms with E-state index < -0.39 is 17.3 Å². The van der Waals surface area contributed by atoms with Crippen LogP contribution in [0.25, 0.3) is 0 Å². The SMILES string of the molecule is Cc1cc(=O)c(C(=O)Nc2cccc(C(=O)O)c2)c[nH]1. The maximum Gasteiger partial charge on any atom is 0.335 e. The number of H-pyrrole nitrogens is 1. The van der Waals surface area contributed by atoms with Crippen molar-refractivity contribution in [3.05, 3.63) is 63.6 Å². The van der Waals surface area contributed by atoms with E-state index in [1.807, 2.05) is 0 Å². The van der Waals surface area contributed by atoms with Gasteiger partial charge in [-0.1, -0.05) is 6.07 Å². The van der Waals surface area contributed by atoms with Crippen molar-refractivity contribution in [3.8, 4) is 0 Å². The molecule has 0 aliphatic heterocycles. The Kier molecular flexibility index (Phi) is 3.65. The smallest absolute Gasteiger partial charge is 0.335 e. The van der Waals surface area contributed by atoms with E-state index in [1.54, 1.807) is 13.0 Å². The molecule has 2 rings (SSSR count). The van der Waals surface area contributed by atoms with Crippen LogP contribution < -0.4 is 10.7 Å². The molecule has 6 nitrogen and oxygen atoms in total. The second-order valence-electron chi connectivity index (χ2n) is 4.23. The second-order valence-corrected chi connectivity index (χ2v) is 4.23. The highest BCUT2D eigenvalue weighted by Gasteiger charge is 2.11. The van der Waals surface area contributed by atoms with Crippen LogP contribution in [-0.2, 0) is 0 Å². The van der Waals surface area contributed by atoms with Crippen molar-refractivity contribution in [2.75, 3.05) is 5.32 Å². The number of amides is 1. The number of aromatic amines is 1. The maximum absolute atomic E-state index is 11.9. The van der Waals surface area contributed by atoms with Gasteiger partial charge in [-0.15, -0.1) is 0 Å². The molecule has 0 fully saturated rings. The number of nitrogens with one attached hydrogen (secondary N) is 2. The largest absolute Gasteiger partial charge is 0.478 e. The molecule has 1 aromatic carbocycles. The Morgan fingerprint density at radius 3 is 2.65 bits per heavy atom. The van der Waals surface area contributed by atoms with Crippen molar-refractivity contribution >= 4 is 17.6 Å². The summed E-state index contributed by atoms with van der Waals surface area (Å²) < 4.78 is 0. The first-order valence-electron chi connectivity index (χ1n) is 5.81. The molecular formula is C14H12N2O4. The van der Waals surface area contributed by atoms with E-state index in [-0.39, 0.29) is 11.1 Å². The molecule has 1 aromatic heterocycles. The average Bonchev–Trinajstić information content (AvgIpc) is 2.38. The Morgan fingerprint density at radius 2 is 2.00 bits per heavy atom. The number of anilines is 1. The lowest BCUT2D eigenvalue weighted by atomic mass is 10.2. The number of carboxylic acid groups (broad SMARTS) is 1. The molecule has 0 aliphatic carbocycles. The molecule has 0 aliphatic rings. The van der Waals surface area contributed by atoms with E-state index in [2.05, 4.69) is 10.3 Å². The minimum Gasteiger partial charge on any atom is -0.478 e. The number of carboxylic acids is 1. The van der Waals surface area contributed by atoms with Gasteiger partial charge in [0.1, 0.15) is 5.56 Å². The Balaban J connectivity index is 2.25. The van der Waals surface area contributed by atoms with Crippen LogP contribution in [0.4, 0.5) is 5.69 Å². The Labute approximate surface area is 114 Å². The van der Waals surface area contributed by atoms with Gasteiger partial charge in [-0.05, 0) is 25.1 Å². The molecule has 3 N–H and O–H groups in total. The predicted octanol–water partition coefficient (Wildman–Crippen LogP) is 1.63. The van der Waals surface area contributed by atoms with Gasteiger partial charge in [0.25, 0.3) is 5.91 Å². The molecule has 1 amide bonds. The molecule has 1 heterocycles. The van der Waals surface area contributed by atoms with Crippen molar-refractivity contribution in [1.82, 2.24) is 4.98 Å². The van der Waals surface area contributed by atoms with Crippen LogP contribution >= 0.6 is 0 Å². The first kappa shape index (κ1) is 13.5. The minimum absolute atomic E-state index is 0.0312. The zero-order valence-corrected chi connectivity index (χ0v) is 10.6. The number of aromatic nitrogens is 1. The van der Waals surface area contributed by atoms with E-state index >= 15 is 0 Å². The highest BCUT2D eigenvalue weighted by atomic mass is 16.4. The van der Waals surface area contributed by atoms with Crippen molar-refractivity contribution in [3.63, 3.8) is 0 Å². The zero-order valence-electron chi connectivity index (χ0n) is 10.6. The molecule has 6 heteroatoms. The van der Waals surface area contributed by atoms with Crippen molar-refractivity contribution in [2.24, 2.45) is 0 Å². The summed E-state index contributed by atoms with van der Waals surface area (Å²) in [5.41, 5.74) is 0.597. The van der Waals surface area contributed by atoms with Gasteiger partial charge in [0.15, 0.2) is 5.43 Å². The fourth-order valence-electron chi connectivity index (χ4n) is 1.68. The molecule has 0 atom stereocenters. The topological polar surface area (TPSA) is 99.3 Å². The zero-order chi connectivity index (χ0) is 14.7. The molecule has 102 valence electrons. The number of rotatable bonds is 3. The number of aromatic carboxylic acids is 1. The summed E-state index contributed by atoms with van der Waals surface area (Å²) in [6.45, 7) is 1.71. The second kappa shape index (κ2) is 5.40. The molecule has 2 aromatic rings. The molecule has 0 radical (unpaired) electrons. The number of benzene rings is 1. The van der Waals surface area contributed by atoms with Crippen LogP contribution in [0.1, 0.15) is 26.4 Å². The van der Waals surface area contributed by atoms with Gasteiger partial charge in [-0.2, -0.15) is 0 Å². The van der Waals surface area contributed by atoms with Crippen molar-refractivity contribution in [2.45, 2.75) is 6.92 Å². The normalized spacial score (nSPS) is 10.1. The van der Waals surface area contributed by atoms with Gasteiger partial charge < -0.3 is 15.4 Å². The highest BCUT2D eigenvalue weighted by molar-refractivity contribution is 6.04. The third-order valence-corrected chi connectivity index (χ3v) is 2.67. The summed E-state index contributed by atoms with van der Waals surface area (Å²) in [6, 6.07) is 7.12. The maximum atomic E-state index is 11.9. The minimum atomic E-state index is -1.09. The molecule has 0 unspecified atom stereocenters. The number of carbonyl (C=O) groups is 2. The van der Waals surface area contributed by atoms with Crippen LogP contribution in [0.3, 0.4) is 0 Å². The van der Waals surface area contributed by atoms with Gasteiger partial charge in [0.05, 0.1) is 5.56 Å². The lowest BCUT2D eigenvalue weighted by Crippen LogP contribution is -2.21. The molecule has 0 saturated carbocycles. The molecular weight excluding hydrogens is 260 g/mol. The summed E-state index contributed by atoms with van der Waals surface area (Å²) in [5, 5.41) is 11.4. The quantitative estimate of drug-likeness (QED) is 0.790. The third kappa shape index (κ3) is 2.92. The summed E-state index contributed by atoms with van der Waals surface area (Å²) in [7, 11) is 0. The molecule has 0 saturated heterocycles.